The Morgan fingerprint density at radius 1 is 1.12 bits per heavy atom. The van der Waals surface area contributed by atoms with Crippen LogP contribution in [0.4, 0.5) is 0 Å². The molecule has 2 heterocycles. The van der Waals surface area contributed by atoms with Crippen LogP contribution in [-0.2, 0) is 14.9 Å². The molecule has 0 spiro atoms. The molecule has 24 heavy (non-hydrogen) atoms. The molecular weight excluding hydrogens is 306 g/mol. The van der Waals surface area contributed by atoms with Crippen molar-refractivity contribution in [2.75, 3.05) is 33.0 Å². The molecule has 0 aromatic heterocycles. The third-order valence-corrected chi connectivity index (χ3v) is 5.56. The Balaban J connectivity index is 1.54. The minimum Gasteiger partial charge on any atom is -0.486 e. The number of carbonyl (C=O) groups excluding carboxylic acids is 1. The summed E-state index contributed by atoms with van der Waals surface area (Å²) in [5, 5.41) is 3.19. The summed E-state index contributed by atoms with van der Waals surface area (Å²) in [4.78, 5) is 13.1. The highest BCUT2D eigenvalue weighted by atomic mass is 16.6. The van der Waals surface area contributed by atoms with Crippen molar-refractivity contribution in [3.05, 3.63) is 23.8 Å². The van der Waals surface area contributed by atoms with Gasteiger partial charge in [-0.15, -0.1) is 0 Å². The number of hydrogen-bond donors (Lipinski definition) is 1. The van der Waals surface area contributed by atoms with E-state index in [4.69, 9.17) is 14.2 Å². The van der Waals surface area contributed by atoms with Gasteiger partial charge in [0.15, 0.2) is 11.5 Å². The van der Waals surface area contributed by atoms with Gasteiger partial charge in [-0.1, -0.05) is 18.9 Å². The van der Waals surface area contributed by atoms with Crippen LogP contribution in [0.3, 0.4) is 0 Å². The van der Waals surface area contributed by atoms with E-state index in [-0.39, 0.29) is 5.91 Å². The minimum atomic E-state index is -0.421. The second-order valence-electron chi connectivity index (χ2n) is 7.09. The second kappa shape index (κ2) is 6.63. The first-order valence-corrected chi connectivity index (χ1v) is 9.04. The number of carbonyl (C=O) groups is 1. The van der Waals surface area contributed by atoms with Crippen LogP contribution in [0, 0.1) is 5.92 Å². The minimum absolute atomic E-state index is 0.156. The van der Waals surface area contributed by atoms with Gasteiger partial charge in [0, 0.05) is 19.1 Å². The zero-order valence-electron chi connectivity index (χ0n) is 14.0. The molecule has 130 valence electrons. The van der Waals surface area contributed by atoms with Crippen LogP contribution in [0.1, 0.15) is 37.7 Å². The van der Waals surface area contributed by atoms with Crippen LogP contribution in [0.2, 0.25) is 0 Å². The fourth-order valence-corrected chi connectivity index (χ4v) is 4.12. The molecule has 3 aliphatic rings. The number of rotatable bonds is 4. The van der Waals surface area contributed by atoms with Gasteiger partial charge in [-0.25, -0.2) is 0 Å². The molecule has 0 radical (unpaired) electrons. The molecule has 1 amide bonds. The summed E-state index contributed by atoms with van der Waals surface area (Å²) >= 11 is 0. The maximum absolute atomic E-state index is 13.1. The fourth-order valence-electron chi connectivity index (χ4n) is 4.12. The van der Waals surface area contributed by atoms with E-state index in [1.165, 1.54) is 0 Å². The maximum Gasteiger partial charge on any atom is 0.230 e. The highest BCUT2D eigenvalue weighted by Gasteiger charge is 2.43. The van der Waals surface area contributed by atoms with Crippen LogP contribution in [-0.4, -0.2) is 38.9 Å². The van der Waals surface area contributed by atoms with E-state index in [1.807, 2.05) is 18.2 Å². The first-order valence-electron chi connectivity index (χ1n) is 9.04. The fraction of sp³-hybridized carbons (Fsp3) is 0.632. The normalized spacial score (nSPS) is 24.8. The lowest BCUT2D eigenvalue weighted by molar-refractivity contribution is -0.126. The molecule has 1 aliphatic carbocycles. The number of amides is 1. The lowest BCUT2D eigenvalue weighted by Gasteiger charge is -2.30. The standard InChI is InChI=1S/C19H25NO4/c21-18(20-12-14-5-8-22-13-14)19(6-1-2-7-19)15-3-4-16-17(11-15)24-10-9-23-16/h3-4,11,14H,1-2,5-10,12-13H2,(H,20,21). The van der Waals surface area contributed by atoms with Crippen molar-refractivity contribution in [2.45, 2.75) is 37.5 Å². The highest BCUT2D eigenvalue weighted by molar-refractivity contribution is 5.88. The van der Waals surface area contributed by atoms with Crippen LogP contribution in [0.15, 0.2) is 18.2 Å². The molecule has 5 nitrogen and oxygen atoms in total. The van der Waals surface area contributed by atoms with Gasteiger partial charge in [0.2, 0.25) is 5.91 Å². The maximum atomic E-state index is 13.1. The van der Waals surface area contributed by atoms with Crippen molar-refractivity contribution in [2.24, 2.45) is 5.92 Å². The van der Waals surface area contributed by atoms with Gasteiger partial charge in [0.25, 0.3) is 0 Å². The van der Waals surface area contributed by atoms with Crippen molar-refractivity contribution < 1.29 is 19.0 Å². The number of ether oxygens (including phenoxy) is 3. The molecule has 0 bridgehead atoms. The topological polar surface area (TPSA) is 56.8 Å². The van der Waals surface area contributed by atoms with Crippen LogP contribution >= 0.6 is 0 Å². The number of benzene rings is 1. The van der Waals surface area contributed by atoms with Crippen molar-refractivity contribution in [3.8, 4) is 11.5 Å². The first kappa shape index (κ1) is 15.8. The largest absolute Gasteiger partial charge is 0.486 e. The summed E-state index contributed by atoms with van der Waals surface area (Å²) in [6.07, 6.45) is 5.03. The van der Waals surface area contributed by atoms with Gasteiger partial charge in [-0.05, 0) is 37.0 Å². The monoisotopic (exact) mass is 331 g/mol. The summed E-state index contributed by atoms with van der Waals surface area (Å²) in [6, 6.07) is 6.00. The van der Waals surface area contributed by atoms with E-state index in [0.29, 0.717) is 25.7 Å². The van der Waals surface area contributed by atoms with E-state index in [1.54, 1.807) is 0 Å². The third kappa shape index (κ3) is 2.86. The lowest BCUT2D eigenvalue weighted by Crippen LogP contribution is -2.44. The van der Waals surface area contributed by atoms with Gasteiger partial charge >= 0.3 is 0 Å². The van der Waals surface area contributed by atoms with Crippen LogP contribution < -0.4 is 14.8 Å². The Kier molecular flexibility index (Phi) is 4.35. The number of hydrogen-bond acceptors (Lipinski definition) is 4. The zero-order chi connectivity index (χ0) is 16.4. The van der Waals surface area contributed by atoms with Crippen molar-refractivity contribution in [1.82, 2.24) is 5.32 Å². The summed E-state index contributed by atoms with van der Waals surface area (Å²) in [7, 11) is 0. The molecule has 1 atom stereocenters. The molecule has 4 rings (SSSR count). The Labute approximate surface area is 142 Å². The Morgan fingerprint density at radius 2 is 1.92 bits per heavy atom. The SMILES string of the molecule is O=C(NCC1CCOC1)C1(c2ccc3c(c2)OCCO3)CCCC1. The molecule has 1 unspecified atom stereocenters. The molecule has 1 aromatic carbocycles. The predicted molar refractivity (Wildman–Crippen MR) is 89.5 cm³/mol. The van der Waals surface area contributed by atoms with E-state index in [2.05, 4.69) is 5.32 Å². The summed E-state index contributed by atoms with van der Waals surface area (Å²) in [6.45, 7) is 3.44. The average Bonchev–Trinajstić information content (AvgIpc) is 3.31. The molecule has 1 saturated heterocycles. The Morgan fingerprint density at radius 3 is 2.67 bits per heavy atom. The predicted octanol–water partition coefficient (Wildman–Crippen LogP) is 2.42. The first-order chi connectivity index (χ1) is 11.8. The quantitative estimate of drug-likeness (QED) is 0.921. The van der Waals surface area contributed by atoms with Crippen LogP contribution in [0.25, 0.3) is 0 Å². The number of nitrogens with one attached hydrogen (secondary N) is 1. The van der Waals surface area contributed by atoms with Gasteiger partial charge in [0.05, 0.1) is 12.0 Å². The average molecular weight is 331 g/mol. The molecule has 5 heteroatoms. The van der Waals surface area contributed by atoms with E-state index in [0.717, 1.165) is 62.4 Å². The van der Waals surface area contributed by atoms with Gasteiger partial charge in [-0.3, -0.25) is 4.79 Å². The highest BCUT2D eigenvalue weighted by Crippen LogP contribution is 2.44. The lowest BCUT2D eigenvalue weighted by atomic mass is 9.77. The van der Waals surface area contributed by atoms with E-state index < -0.39 is 5.41 Å². The molecule has 1 saturated carbocycles. The van der Waals surface area contributed by atoms with Crippen LogP contribution in [0.5, 0.6) is 11.5 Å². The zero-order valence-corrected chi connectivity index (χ0v) is 14.0. The van der Waals surface area contributed by atoms with Gasteiger partial charge in [0.1, 0.15) is 13.2 Å². The molecule has 1 aromatic rings. The number of fused-ring (bicyclic) bond motifs is 1. The third-order valence-electron chi connectivity index (χ3n) is 5.56. The van der Waals surface area contributed by atoms with Crippen molar-refractivity contribution in [1.29, 1.82) is 0 Å². The summed E-state index contributed by atoms with van der Waals surface area (Å²) < 4.78 is 16.7. The van der Waals surface area contributed by atoms with Gasteiger partial charge < -0.3 is 19.5 Å². The van der Waals surface area contributed by atoms with E-state index in [9.17, 15) is 4.79 Å². The molecule has 2 aliphatic heterocycles. The summed E-state index contributed by atoms with van der Waals surface area (Å²) in [5.41, 5.74) is 0.638. The van der Waals surface area contributed by atoms with Crippen molar-refractivity contribution in [3.63, 3.8) is 0 Å². The van der Waals surface area contributed by atoms with E-state index >= 15 is 0 Å². The Hall–Kier alpha value is -1.75. The second-order valence-corrected chi connectivity index (χ2v) is 7.09. The summed E-state index contributed by atoms with van der Waals surface area (Å²) in [5.74, 6) is 2.15. The smallest absolute Gasteiger partial charge is 0.230 e. The molecular formula is C19H25NO4. The van der Waals surface area contributed by atoms with Crippen molar-refractivity contribution >= 4 is 5.91 Å². The van der Waals surface area contributed by atoms with Gasteiger partial charge in [-0.2, -0.15) is 0 Å². The molecule has 2 fully saturated rings. The Bertz CT molecular complexity index is 603. The molecule has 1 N–H and O–H groups in total.